The average molecular weight is 270 g/mol. The second kappa shape index (κ2) is 6.92. The number of halogens is 1. The number of aryl methyl sites for hydroxylation is 1. The van der Waals surface area contributed by atoms with Gasteiger partial charge in [-0.1, -0.05) is 11.6 Å². The van der Waals surface area contributed by atoms with Crippen LogP contribution in [0.25, 0.3) is 0 Å². The average Bonchev–Trinajstić information content (AvgIpc) is 2.38. The maximum atomic E-state index is 11.6. The first-order valence-electron chi connectivity index (χ1n) is 6.55. The van der Waals surface area contributed by atoms with Crippen LogP contribution >= 0.6 is 11.6 Å². The number of hydrogen-bond donors (Lipinski definition) is 1. The summed E-state index contributed by atoms with van der Waals surface area (Å²) in [7, 11) is 0. The van der Waals surface area contributed by atoms with Crippen LogP contribution in [0.1, 0.15) is 12.8 Å². The van der Waals surface area contributed by atoms with E-state index < -0.39 is 0 Å². The molecule has 0 bridgehead atoms. The summed E-state index contributed by atoms with van der Waals surface area (Å²) < 4.78 is 1.73. The van der Waals surface area contributed by atoms with E-state index in [1.165, 1.54) is 6.07 Å². The third-order valence-corrected chi connectivity index (χ3v) is 3.53. The van der Waals surface area contributed by atoms with E-state index in [1.807, 2.05) is 0 Å². The molecule has 5 heteroatoms. The fourth-order valence-corrected chi connectivity index (χ4v) is 2.37. The van der Waals surface area contributed by atoms with E-state index in [0.29, 0.717) is 5.02 Å². The van der Waals surface area contributed by atoms with Gasteiger partial charge in [0.2, 0.25) is 0 Å². The van der Waals surface area contributed by atoms with Gasteiger partial charge in [-0.15, -0.1) is 0 Å². The van der Waals surface area contributed by atoms with Gasteiger partial charge in [-0.2, -0.15) is 0 Å². The number of unbranched alkanes of at least 4 members (excludes halogenated alkanes) is 1. The third kappa shape index (κ3) is 4.12. The monoisotopic (exact) mass is 269 g/mol. The predicted molar refractivity (Wildman–Crippen MR) is 74.3 cm³/mol. The maximum Gasteiger partial charge on any atom is 0.251 e. The highest BCUT2D eigenvalue weighted by Gasteiger charge is 2.08. The molecule has 2 rings (SSSR count). The van der Waals surface area contributed by atoms with E-state index in [1.54, 1.807) is 16.8 Å². The molecule has 1 saturated heterocycles. The largest absolute Gasteiger partial charge is 0.315 e. The Balaban J connectivity index is 1.70. The summed E-state index contributed by atoms with van der Waals surface area (Å²) in [6.07, 6.45) is 3.94. The number of nitrogens with one attached hydrogen (secondary N) is 1. The molecule has 1 fully saturated rings. The lowest BCUT2D eigenvalue weighted by Crippen LogP contribution is -2.43. The van der Waals surface area contributed by atoms with Crippen molar-refractivity contribution >= 4 is 11.6 Å². The van der Waals surface area contributed by atoms with Gasteiger partial charge in [-0.05, 0) is 25.5 Å². The highest BCUT2D eigenvalue weighted by atomic mass is 35.5. The van der Waals surface area contributed by atoms with Crippen LogP contribution in [0.5, 0.6) is 0 Å². The number of pyridine rings is 1. The standard InChI is InChI=1S/C13H20ClN3O/c14-12-3-8-17(13(18)11-12)7-2-1-6-16-9-4-15-5-10-16/h3,8,11,15H,1-2,4-7,9-10H2. The van der Waals surface area contributed by atoms with E-state index in [0.717, 1.165) is 52.1 Å². The summed E-state index contributed by atoms with van der Waals surface area (Å²) >= 11 is 5.75. The minimum Gasteiger partial charge on any atom is -0.315 e. The highest BCUT2D eigenvalue weighted by molar-refractivity contribution is 6.30. The Hall–Kier alpha value is -0.840. The number of rotatable bonds is 5. The van der Waals surface area contributed by atoms with Crippen molar-refractivity contribution in [3.8, 4) is 0 Å². The van der Waals surface area contributed by atoms with Crippen molar-refractivity contribution in [2.45, 2.75) is 19.4 Å². The van der Waals surface area contributed by atoms with E-state index in [-0.39, 0.29) is 5.56 Å². The Bertz CT molecular complexity index is 426. The molecule has 2 heterocycles. The minimum absolute atomic E-state index is 0.00956. The summed E-state index contributed by atoms with van der Waals surface area (Å²) in [5.41, 5.74) is -0.00956. The van der Waals surface area contributed by atoms with Crippen LogP contribution in [0.3, 0.4) is 0 Å². The molecule has 4 nitrogen and oxygen atoms in total. The number of piperazine rings is 1. The van der Waals surface area contributed by atoms with Gasteiger partial charge in [0.05, 0.1) is 0 Å². The smallest absolute Gasteiger partial charge is 0.251 e. The van der Waals surface area contributed by atoms with E-state index in [2.05, 4.69) is 10.2 Å². The molecule has 0 saturated carbocycles. The van der Waals surface area contributed by atoms with Gasteiger partial charge in [-0.3, -0.25) is 4.79 Å². The van der Waals surface area contributed by atoms with E-state index >= 15 is 0 Å². The van der Waals surface area contributed by atoms with Crippen LogP contribution in [0, 0.1) is 0 Å². The SMILES string of the molecule is O=c1cc(Cl)ccn1CCCCN1CCNCC1. The fourth-order valence-electron chi connectivity index (χ4n) is 2.22. The van der Waals surface area contributed by atoms with Crippen LogP contribution in [-0.2, 0) is 6.54 Å². The minimum atomic E-state index is -0.00956. The first-order chi connectivity index (χ1) is 8.75. The predicted octanol–water partition coefficient (Wildman–Crippen LogP) is 1.19. The molecule has 0 unspecified atom stereocenters. The topological polar surface area (TPSA) is 37.3 Å². The van der Waals surface area contributed by atoms with Crippen molar-refractivity contribution in [1.29, 1.82) is 0 Å². The Kier molecular flexibility index (Phi) is 5.23. The van der Waals surface area contributed by atoms with Gasteiger partial charge in [-0.25, -0.2) is 0 Å². The Morgan fingerprint density at radius 2 is 1.94 bits per heavy atom. The molecule has 0 atom stereocenters. The molecule has 0 amide bonds. The van der Waals surface area contributed by atoms with Gasteiger partial charge in [0.25, 0.3) is 5.56 Å². The molecule has 0 spiro atoms. The third-order valence-electron chi connectivity index (χ3n) is 3.29. The Morgan fingerprint density at radius 1 is 1.22 bits per heavy atom. The molecule has 1 N–H and O–H groups in total. The van der Waals surface area contributed by atoms with Crippen molar-refractivity contribution in [3.05, 3.63) is 33.7 Å². The lowest BCUT2D eigenvalue weighted by Gasteiger charge is -2.27. The molecule has 0 aliphatic carbocycles. The van der Waals surface area contributed by atoms with Crippen LogP contribution < -0.4 is 10.9 Å². The molecular weight excluding hydrogens is 250 g/mol. The molecule has 1 aliphatic heterocycles. The summed E-state index contributed by atoms with van der Waals surface area (Å²) in [4.78, 5) is 14.1. The summed E-state index contributed by atoms with van der Waals surface area (Å²) in [6, 6.07) is 3.23. The molecule has 0 radical (unpaired) electrons. The van der Waals surface area contributed by atoms with Gasteiger partial charge >= 0.3 is 0 Å². The zero-order valence-corrected chi connectivity index (χ0v) is 11.3. The van der Waals surface area contributed by atoms with E-state index in [9.17, 15) is 4.79 Å². The van der Waals surface area contributed by atoms with Crippen LogP contribution in [0.2, 0.25) is 5.02 Å². The maximum absolute atomic E-state index is 11.6. The second-order valence-corrected chi connectivity index (χ2v) is 5.11. The molecular formula is C13H20ClN3O. The fraction of sp³-hybridized carbons (Fsp3) is 0.615. The van der Waals surface area contributed by atoms with Crippen molar-refractivity contribution in [1.82, 2.24) is 14.8 Å². The van der Waals surface area contributed by atoms with E-state index in [4.69, 9.17) is 11.6 Å². The molecule has 1 aromatic rings. The summed E-state index contributed by atoms with van der Waals surface area (Å²) in [5, 5.41) is 3.86. The zero-order chi connectivity index (χ0) is 12.8. The molecule has 18 heavy (non-hydrogen) atoms. The first-order valence-corrected chi connectivity index (χ1v) is 6.92. The zero-order valence-electron chi connectivity index (χ0n) is 10.6. The van der Waals surface area contributed by atoms with Crippen molar-refractivity contribution < 1.29 is 0 Å². The normalized spacial score (nSPS) is 16.9. The quantitative estimate of drug-likeness (QED) is 0.816. The summed E-state index contributed by atoms with van der Waals surface area (Å²) in [5.74, 6) is 0. The lowest BCUT2D eigenvalue weighted by atomic mass is 10.2. The first kappa shape index (κ1) is 13.6. The van der Waals surface area contributed by atoms with Crippen molar-refractivity contribution in [3.63, 3.8) is 0 Å². The lowest BCUT2D eigenvalue weighted by molar-refractivity contribution is 0.235. The molecule has 0 aromatic carbocycles. The number of nitrogens with zero attached hydrogens (tertiary/aromatic N) is 2. The van der Waals surface area contributed by atoms with Gasteiger partial charge in [0.1, 0.15) is 0 Å². The molecule has 1 aliphatic rings. The van der Waals surface area contributed by atoms with Gasteiger partial charge < -0.3 is 14.8 Å². The Morgan fingerprint density at radius 3 is 2.67 bits per heavy atom. The second-order valence-electron chi connectivity index (χ2n) is 4.68. The molecule has 100 valence electrons. The van der Waals surface area contributed by atoms with Crippen LogP contribution in [0.4, 0.5) is 0 Å². The van der Waals surface area contributed by atoms with Crippen molar-refractivity contribution in [2.75, 3.05) is 32.7 Å². The summed E-state index contributed by atoms with van der Waals surface area (Å²) in [6.45, 7) is 6.38. The van der Waals surface area contributed by atoms with Crippen LogP contribution in [0.15, 0.2) is 23.1 Å². The molecule has 1 aromatic heterocycles. The Labute approximate surface area is 113 Å². The van der Waals surface area contributed by atoms with Crippen molar-refractivity contribution in [2.24, 2.45) is 0 Å². The van der Waals surface area contributed by atoms with Crippen LogP contribution in [-0.4, -0.2) is 42.2 Å². The number of hydrogen-bond acceptors (Lipinski definition) is 3. The highest BCUT2D eigenvalue weighted by Crippen LogP contribution is 2.03. The van der Waals surface area contributed by atoms with Gasteiger partial charge in [0, 0.05) is 50.0 Å². The van der Waals surface area contributed by atoms with Gasteiger partial charge in [0.15, 0.2) is 0 Å². The number of aromatic nitrogens is 1.